The van der Waals surface area contributed by atoms with E-state index in [0.717, 1.165) is 25.2 Å². The number of benzene rings is 1. The van der Waals surface area contributed by atoms with Gasteiger partial charge in [-0.25, -0.2) is 0 Å². The number of nitrogens with two attached hydrogens (primary N) is 1. The summed E-state index contributed by atoms with van der Waals surface area (Å²) in [5.41, 5.74) is 6.48. The molecule has 13 heavy (non-hydrogen) atoms. The summed E-state index contributed by atoms with van der Waals surface area (Å²) in [7, 11) is 2.74. The van der Waals surface area contributed by atoms with E-state index in [0.29, 0.717) is 0 Å². The third-order valence-electron chi connectivity index (χ3n) is 2.41. The van der Waals surface area contributed by atoms with E-state index in [-0.39, 0.29) is 0 Å². The summed E-state index contributed by atoms with van der Waals surface area (Å²) in [5.74, 6) is 5.35. The predicted molar refractivity (Wildman–Crippen MR) is 58.1 cm³/mol. The molecule has 1 atom stereocenters. The summed E-state index contributed by atoms with van der Waals surface area (Å²) in [6, 6.07) is 6.29. The van der Waals surface area contributed by atoms with Crippen molar-refractivity contribution in [1.82, 2.24) is 4.67 Å². The molecule has 70 valence electrons. The molecular formula is C9H14N3P. The average Bonchev–Trinajstić information content (AvgIpc) is 2.17. The largest absolute Gasteiger partial charge is 0.324 e. The van der Waals surface area contributed by atoms with Crippen LogP contribution in [-0.2, 0) is 13.0 Å². The second kappa shape index (κ2) is 3.62. The van der Waals surface area contributed by atoms with Gasteiger partial charge in [0.15, 0.2) is 0 Å². The lowest BCUT2D eigenvalue weighted by molar-refractivity contribution is 0.443. The molecular weight excluding hydrogens is 181 g/mol. The fourth-order valence-corrected chi connectivity index (χ4v) is 1.99. The number of nitrogen functional groups attached to an aromatic ring is 1. The molecule has 1 unspecified atom stereocenters. The first-order chi connectivity index (χ1) is 6.29. The van der Waals surface area contributed by atoms with Gasteiger partial charge in [-0.15, -0.1) is 0 Å². The molecule has 0 spiro atoms. The molecule has 0 bridgehead atoms. The molecule has 0 amide bonds. The number of rotatable bonds is 1. The molecule has 0 saturated carbocycles. The van der Waals surface area contributed by atoms with Gasteiger partial charge in [-0.1, -0.05) is 15.5 Å². The first-order valence-electron chi connectivity index (χ1n) is 4.37. The fraction of sp³-hybridized carbons (Fsp3) is 0.333. The summed E-state index contributed by atoms with van der Waals surface area (Å²) in [4.78, 5) is 0. The van der Waals surface area contributed by atoms with Crippen molar-refractivity contribution in [1.29, 1.82) is 0 Å². The summed E-state index contributed by atoms with van der Waals surface area (Å²) in [5, 5.41) is 0. The molecule has 0 saturated heterocycles. The van der Waals surface area contributed by atoms with Gasteiger partial charge in [0, 0.05) is 18.8 Å². The van der Waals surface area contributed by atoms with Crippen molar-refractivity contribution in [3.8, 4) is 0 Å². The van der Waals surface area contributed by atoms with Gasteiger partial charge in [0.25, 0.3) is 0 Å². The maximum Gasteiger partial charge on any atom is 0.0488 e. The van der Waals surface area contributed by atoms with E-state index in [4.69, 9.17) is 5.84 Å². The van der Waals surface area contributed by atoms with Crippen LogP contribution >= 0.6 is 9.39 Å². The minimum absolute atomic E-state index is 0.996. The van der Waals surface area contributed by atoms with Crippen LogP contribution in [0.2, 0.25) is 0 Å². The van der Waals surface area contributed by atoms with Crippen LogP contribution in [0, 0.1) is 0 Å². The van der Waals surface area contributed by atoms with Crippen molar-refractivity contribution < 1.29 is 0 Å². The maximum atomic E-state index is 5.35. The molecule has 1 aliphatic heterocycles. The lowest BCUT2D eigenvalue weighted by Crippen LogP contribution is -2.21. The normalized spacial score (nSPS) is 16.8. The second-order valence-electron chi connectivity index (χ2n) is 3.35. The lowest BCUT2D eigenvalue weighted by Gasteiger charge is -2.24. The van der Waals surface area contributed by atoms with Crippen LogP contribution in [0.15, 0.2) is 18.2 Å². The highest BCUT2D eigenvalue weighted by Gasteiger charge is 2.12. The van der Waals surface area contributed by atoms with E-state index < -0.39 is 0 Å². The molecule has 1 heterocycles. The van der Waals surface area contributed by atoms with Crippen LogP contribution in [0.25, 0.3) is 0 Å². The highest BCUT2D eigenvalue weighted by Crippen LogP contribution is 2.23. The summed E-state index contributed by atoms with van der Waals surface area (Å²) in [6.45, 7) is 2.12. The highest BCUT2D eigenvalue weighted by atomic mass is 31.0. The quantitative estimate of drug-likeness (QED) is 0.401. The number of hydrogen-bond acceptors (Lipinski definition) is 3. The van der Waals surface area contributed by atoms with Crippen LogP contribution in [0.5, 0.6) is 0 Å². The van der Waals surface area contributed by atoms with Crippen molar-refractivity contribution in [2.24, 2.45) is 5.84 Å². The smallest absolute Gasteiger partial charge is 0.0488 e. The number of nitrogens with zero attached hydrogens (tertiary/aromatic N) is 1. The van der Waals surface area contributed by atoms with Gasteiger partial charge in [-0.05, 0) is 29.7 Å². The van der Waals surface area contributed by atoms with E-state index in [1.165, 1.54) is 11.1 Å². The van der Waals surface area contributed by atoms with Gasteiger partial charge in [0.2, 0.25) is 0 Å². The Hall–Kier alpha value is -0.630. The zero-order valence-electron chi connectivity index (χ0n) is 7.46. The zero-order chi connectivity index (χ0) is 9.26. The van der Waals surface area contributed by atoms with E-state index in [1.54, 1.807) is 0 Å². The van der Waals surface area contributed by atoms with Crippen LogP contribution in [0.3, 0.4) is 0 Å². The molecule has 0 aliphatic carbocycles. The Morgan fingerprint density at radius 1 is 1.38 bits per heavy atom. The molecule has 0 fully saturated rings. The maximum absolute atomic E-state index is 5.35. The van der Waals surface area contributed by atoms with Crippen molar-refractivity contribution in [2.75, 3.05) is 12.0 Å². The monoisotopic (exact) mass is 195 g/mol. The first-order valence-corrected chi connectivity index (χ1v) is 4.89. The van der Waals surface area contributed by atoms with Crippen molar-refractivity contribution in [2.45, 2.75) is 13.0 Å². The molecule has 4 heteroatoms. The Labute approximate surface area is 80.5 Å². The van der Waals surface area contributed by atoms with Crippen LogP contribution < -0.4 is 11.3 Å². The third-order valence-corrected chi connectivity index (χ3v) is 2.86. The summed E-state index contributed by atoms with van der Waals surface area (Å²) in [6.07, 6.45) is 1.11. The van der Waals surface area contributed by atoms with Crippen LogP contribution in [0.1, 0.15) is 11.1 Å². The molecule has 3 nitrogen and oxygen atoms in total. The van der Waals surface area contributed by atoms with Crippen LogP contribution in [0.4, 0.5) is 5.69 Å². The number of nitrogens with one attached hydrogen (secondary N) is 1. The number of fused-ring (bicyclic) bond motifs is 1. The average molecular weight is 195 g/mol. The zero-order valence-corrected chi connectivity index (χ0v) is 8.61. The first kappa shape index (κ1) is 8.95. The summed E-state index contributed by atoms with van der Waals surface area (Å²) < 4.78 is 2.25. The Kier molecular flexibility index (Phi) is 2.49. The van der Waals surface area contributed by atoms with Gasteiger partial charge in [0.1, 0.15) is 0 Å². The number of hydrazine groups is 1. The standard InChI is InChI=1S/C9H14N3P/c10-11-9-2-1-8-6-12(13)4-3-7(8)5-9/h1-2,5,11H,3-4,6,10,13H2. The van der Waals surface area contributed by atoms with Gasteiger partial charge in [0.05, 0.1) is 0 Å². The number of hydrogen-bond donors (Lipinski definition) is 2. The Morgan fingerprint density at radius 2 is 2.23 bits per heavy atom. The molecule has 3 N–H and O–H groups in total. The SMILES string of the molecule is NNc1ccc2c(c1)CCN(P)C2. The minimum atomic E-state index is 0.996. The summed E-state index contributed by atoms with van der Waals surface area (Å²) >= 11 is 0. The van der Waals surface area contributed by atoms with E-state index >= 15 is 0 Å². The molecule has 1 aromatic rings. The predicted octanol–water partition coefficient (Wildman–Crippen LogP) is 1.12. The number of anilines is 1. The Balaban J connectivity index is 2.31. The molecule has 2 rings (SSSR count). The lowest BCUT2D eigenvalue weighted by atomic mass is 10.0. The Bertz CT molecular complexity index is 314. The second-order valence-corrected chi connectivity index (χ2v) is 4.08. The van der Waals surface area contributed by atoms with Crippen LogP contribution in [-0.4, -0.2) is 11.2 Å². The van der Waals surface area contributed by atoms with Crippen molar-refractivity contribution in [3.05, 3.63) is 29.3 Å². The van der Waals surface area contributed by atoms with Gasteiger partial charge in [-0.3, -0.25) is 10.5 Å². The van der Waals surface area contributed by atoms with Crippen molar-refractivity contribution >= 4 is 15.1 Å². The molecule has 0 aromatic heterocycles. The van der Waals surface area contributed by atoms with E-state index in [9.17, 15) is 0 Å². The highest BCUT2D eigenvalue weighted by molar-refractivity contribution is 7.13. The van der Waals surface area contributed by atoms with Gasteiger partial charge < -0.3 is 5.43 Å². The molecule has 0 radical (unpaired) electrons. The topological polar surface area (TPSA) is 41.3 Å². The molecule has 1 aliphatic rings. The van der Waals surface area contributed by atoms with Gasteiger partial charge in [-0.2, -0.15) is 0 Å². The third kappa shape index (κ3) is 1.83. The van der Waals surface area contributed by atoms with Gasteiger partial charge >= 0.3 is 0 Å². The van der Waals surface area contributed by atoms with E-state index in [1.807, 2.05) is 6.07 Å². The minimum Gasteiger partial charge on any atom is -0.324 e. The van der Waals surface area contributed by atoms with E-state index in [2.05, 4.69) is 31.6 Å². The fourth-order valence-electron chi connectivity index (χ4n) is 1.66. The van der Waals surface area contributed by atoms with Crippen molar-refractivity contribution in [3.63, 3.8) is 0 Å². The molecule has 1 aromatic carbocycles. The Morgan fingerprint density at radius 3 is 3.00 bits per heavy atom.